The third kappa shape index (κ3) is 4.22. The van der Waals surface area contributed by atoms with Gasteiger partial charge in [-0.15, -0.1) is 0 Å². The lowest BCUT2D eigenvalue weighted by atomic mass is 9.98. The fraction of sp³-hybridized carbons (Fsp3) is 0.333. The van der Waals surface area contributed by atoms with Crippen molar-refractivity contribution in [3.8, 4) is 0 Å². The van der Waals surface area contributed by atoms with E-state index in [0.717, 1.165) is 12.8 Å². The molecule has 0 atom stereocenters. The predicted molar refractivity (Wildman–Crippen MR) is 82.6 cm³/mol. The molecule has 1 nitrogen and oxygen atoms in total. The molecule has 2 aromatic carbocycles. The zero-order chi connectivity index (χ0) is 13.7. The molecular weight excluding hydrogens is 230 g/mol. The molecule has 0 unspecified atom stereocenters. The molecule has 2 rings (SSSR count). The summed E-state index contributed by atoms with van der Waals surface area (Å²) in [6.45, 7) is 4.26. The molecule has 0 aliphatic heterocycles. The lowest BCUT2D eigenvalue weighted by molar-refractivity contribution is 0.556. The number of benzene rings is 2. The van der Waals surface area contributed by atoms with Crippen LogP contribution in [0.2, 0.25) is 0 Å². The van der Waals surface area contributed by atoms with Crippen LogP contribution in [0.25, 0.3) is 0 Å². The largest absolute Gasteiger partial charge is 0.316 e. The topological polar surface area (TPSA) is 12.0 Å². The van der Waals surface area contributed by atoms with Crippen molar-refractivity contribution < 1.29 is 0 Å². The molecule has 0 aliphatic carbocycles. The molecule has 0 bridgehead atoms. The fourth-order valence-corrected chi connectivity index (χ4v) is 2.29. The normalized spacial score (nSPS) is 10.9. The highest BCUT2D eigenvalue weighted by Crippen LogP contribution is 2.11. The summed E-state index contributed by atoms with van der Waals surface area (Å²) in [6.07, 6.45) is 2.15. The van der Waals surface area contributed by atoms with Gasteiger partial charge in [0.1, 0.15) is 0 Å². The van der Waals surface area contributed by atoms with Crippen molar-refractivity contribution in [2.75, 3.05) is 7.05 Å². The van der Waals surface area contributed by atoms with Crippen molar-refractivity contribution in [2.45, 2.75) is 32.7 Å². The molecule has 0 fully saturated rings. The fourth-order valence-electron chi connectivity index (χ4n) is 2.29. The summed E-state index contributed by atoms with van der Waals surface area (Å²) in [5.41, 5.74) is 5.45. The second-order valence-electron chi connectivity index (χ2n) is 5.37. The van der Waals surface area contributed by atoms with E-state index in [1.54, 1.807) is 0 Å². The average Bonchev–Trinajstić information content (AvgIpc) is 2.43. The van der Waals surface area contributed by atoms with E-state index in [9.17, 15) is 0 Å². The van der Waals surface area contributed by atoms with E-state index in [4.69, 9.17) is 0 Å². The van der Waals surface area contributed by atoms with Crippen molar-refractivity contribution in [2.24, 2.45) is 0 Å². The Hall–Kier alpha value is -1.60. The van der Waals surface area contributed by atoms with Crippen LogP contribution >= 0.6 is 0 Å². The van der Waals surface area contributed by atoms with Gasteiger partial charge >= 0.3 is 0 Å². The summed E-state index contributed by atoms with van der Waals surface area (Å²) >= 11 is 0. The Bertz CT molecular complexity index is 449. The first kappa shape index (κ1) is 13.8. The molecule has 0 amide bonds. The Balaban J connectivity index is 2.00. The molecular formula is C18H23N. The Morgan fingerprint density at radius 2 is 1.11 bits per heavy atom. The monoisotopic (exact) mass is 253 g/mol. The van der Waals surface area contributed by atoms with Gasteiger partial charge in [-0.1, -0.05) is 59.7 Å². The Labute approximate surface area is 116 Å². The lowest BCUT2D eigenvalue weighted by Gasteiger charge is -2.16. The van der Waals surface area contributed by atoms with Crippen LogP contribution in [0.3, 0.4) is 0 Å². The van der Waals surface area contributed by atoms with Crippen LogP contribution < -0.4 is 5.32 Å². The van der Waals surface area contributed by atoms with Crippen LogP contribution in [-0.4, -0.2) is 13.1 Å². The van der Waals surface area contributed by atoms with Crippen LogP contribution in [0.4, 0.5) is 0 Å². The summed E-state index contributed by atoms with van der Waals surface area (Å²) in [5.74, 6) is 0. The first-order valence-corrected chi connectivity index (χ1v) is 6.96. The van der Waals surface area contributed by atoms with Gasteiger partial charge in [0.25, 0.3) is 0 Å². The summed E-state index contributed by atoms with van der Waals surface area (Å²) in [7, 11) is 2.05. The molecule has 0 aliphatic rings. The minimum atomic E-state index is 0.491. The standard InChI is InChI=1S/C18H23N/c1-14-4-8-16(9-5-14)12-18(19-3)13-17-10-6-15(2)7-11-17/h4-11,18-19H,12-13H2,1-3H3. The van der Waals surface area contributed by atoms with Crippen molar-refractivity contribution in [1.82, 2.24) is 5.32 Å². The number of aryl methyl sites for hydroxylation is 2. The van der Waals surface area contributed by atoms with E-state index in [2.05, 4.69) is 67.7 Å². The first-order chi connectivity index (χ1) is 9.17. The van der Waals surface area contributed by atoms with E-state index in [-0.39, 0.29) is 0 Å². The quantitative estimate of drug-likeness (QED) is 0.857. The van der Waals surface area contributed by atoms with Gasteiger partial charge in [-0.2, -0.15) is 0 Å². The van der Waals surface area contributed by atoms with Gasteiger partial charge < -0.3 is 5.32 Å². The molecule has 0 heterocycles. The smallest absolute Gasteiger partial charge is 0.0145 e. The maximum Gasteiger partial charge on any atom is 0.0145 e. The molecule has 0 radical (unpaired) electrons. The van der Waals surface area contributed by atoms with Crippen LogP contribution in [0.5, 0.6) is 0 Å². The maximum absolute atomic E-state index is 3.43. The summed E-state index contributed by atoms with van der Waals surface area (Å²) in [6, 6.07) is 18.2. The van der Waals surface area contributed by atoms with E-state index in [1.807, 2.05) is 7.05 Å². The highest BCUT2D eigenvalue weighted by molar-refractivity contribution is 5.24. The molecule has 1 N–H and O–H groups in total. The van der Waals surface area contributed by atoms with Gasteiger partial charge in [-0.25, -0.2) is 0 Å². The molecule has 100 valence electrons. The van der Waals surface area contributed by atoms with Gasteiger partial charge in [0, 0.05) is 6.04 Å². The van der Waals surface area contributed by atoms with Gasteiger partial charge in [-0.05, 0) is 44.9 Å². The number of hydrogen-bond acceptors (Lipinski definition) is 1. The van der Waals surface area contributed by atoms with Crippen LogP contribution in [0.1, 0.15) is 22.3 Å². The SMILES string of the molecule is CNC(Cc1ccc(C)cc1)Cc1ccc(C)cc1. The van der Waals surface area contributed by atoms with E-state index < -0.39 is 0 Å². The zero-order valence-electron chi connectivity index (χ0n) is 12.1. The average molecular weight is 253 g/mol. The van der Waals surface area contributed by atoms with E-state index in [1.165, 1.54) is 22.3 Å². The van der Waals surface area contributed by atoms with Gasteiger partial charge in [-0.3, -0.25) is 0 Å². The Kier molecular flexibility index (Phi) is 4.75. The highest BCUT2D eigenvalue weighted by Gasteiger charge is 2.08. The van der Waals surface area contributed by atoms with E-state index >= 15 is 0 Å². The van der Waals surface area contributed by atoms with Gasteiger partial charge in [0.2, 0.25) is 0 Å². The van der Waals surface area contributed by atoms with E-state index in [0.29, 0.717) is 6.04 Å². The number of hydrogen-bond donors (Lipinski definition) is 1. The minimum absolute atomic E-state index is 0.491. The zero-order valence-corrected chi connectivity index (χ0v) is 12.1. The van der Waals surface area contributed by atoms with Crippen LogP contribution in [0.15, 0.2) is 48.5 Å². The second kappa shape index (κ2) is 6.53. The number of rotatable bonds is 5. The molecule has 0 aromatic heterocycles. The molecule has 19 heavy (non-hydrogen) atoms. The summed E-state index contributed by atoms with van der Waals surface area (Å²) < 4.78 is 0. The van der Waals surface area contributed by atoms with Crippen molar-refractivity contribution in [3.05, 3.63) is 70.8 Å². The molecule has 1 heteroatoms. The molecule has 0 saturated carbocycles. The highest BCUT2D eigenvalue weighted by atomic mass is 14.9. The Morgan fingerprint density at radius 1 is 0.737 bits per heavy atom. The summed E-state index contributed by atoms with van der Waals surface area (Å²) in [4.78, 5) is 0. The minimum Gasteiger partial charge on any atom is -0.316 e. The maximum atomic E-state index is 3.43. The third-order valence-electron chi connectivity index (χ3n) is 3.61. The van der Waals surface area contributed by atoms with Crippen LogP contribution in [0, 0.1) is 13.8 Å². The van der Waals surface area contributed by atoms with Gasteiger partial charge in [0.05, 0.1) is 0 Å². The predicted octanol–water partition coefficient (Wildman–Crippen LogP) is 3.68. The lowest BCUT2D eigenvalue weighted by Crippen LogP contribution is -2.29. The number of likely N-dealkylation sites (N-methyl/N-ethyl adjacent to an activating group) is 1. The molecule has 0 spiro atoms. The second-order valence-corrected chi connectivity index (χ2v) is 5.37. The van der Waals surface area contributed by atoms with Crippen molar-refractivity contribution in [1.29, 1.82) is 0 Å². The first-order valence-electron chi connectivity index (χ1n) is 6.96. The Morgan fingerprint density at radius 3 is 1.42 bits per heavy atom. The third-order valence-corrected chi connectivity index (χ3v) is 3.61. The number of nitrogens with one attached hydrogen (secondary N) is 1. The summed E-state index contributed by atoms with van der Waals surface area (Å²) in [5, 5.41) is 3.43. The molecule has 0 saturated heterocycles. The van der Waals surface area contributed by atoms with Crippen molar-refractivity contribution >= 4 is 0 Å². The van der Waals surface area contributed by atoms with Crippen LogP contribution in [-0.2, 0) is 12.8 Å². The van der Waals surface area contributed by atoms with Gasteiger partial charge in [0.15, 0.2) is 0 Å². The molecule has 2 aromatic rings. The van der Waals surface area contributed by atoms with Crippen molar-refractivity contribution in [3.63, 3.8) is 0 Å².